The van der Waals surface area contributed by atoms with Gasteiger partial charge >= 0.3 is 6.36 Å². The normalized spacial score (nSPS) is 13.7. The fourth-order valence-electron chi connectivity index (χ4n) is 3.24. The zero-order valence-electron chi connectivity index (χ0n) is 22.3. The summed E-state index contributed by atoms with van der Waals surface area (Å²) in [5, 5.41) is 14.5. The van der Waals surface area contributed by atoms with Crippen molar-refractivity contribution in [2.45, 2.75) is 25.3 Å². The number of thioether (sulfide) groups is 1. The minimum absolute atomic E-state index is 0.0342. The highest BCUT2D eigenvalue weighted by molar-refractivity contribution is 9.10. The van der Waals surface area contributed by atoms with Crippen molar-refractivity contribution < 1.29 is 52.8 Å². The summed E-state index contributed by atoms with van der Waals surface area (Å²) >= 11 is 5.51. The molecule has 2 aromatic carbocycles. The molecule has 0 aliphatic rings. The molecule has 1 unspecified atom stereocenters. The van der Waals surface area contributed by atoms with Gasteiger partial charge in [0.1, 0.15) is 15.6 Å². The number of nitrogens with one attached hydrogen (secondary N) is 1. The van der Waals surface area contributed by atoms with Gasteiger partial charge < -0.3 is 5.73 Å². The third-order valence-electron chi connectivity index (χ3n) is 4.77. The standard InChI is InChI=1S/C20H21BrN4O7S6.CHF3O2/c1-33-20-18(12-17(34-20)19(22)23)37(30,15-8-4-6-13(21)10-15)24-38(31,32)16-9-5-7-14(11-16)25(35(2,26)27)36(3,28)29;2-1(3,4)6-5/h4-12H,1-3H3,(H3,22,23);5H. The van der Waals surface area contributed by atoms with Crippen LogP contribution >= 0.6 is 39.0 Å². The molecule has 1 aromatic heterocycles. The number of hydrogen-bond acceptors (Lipinski definition) is 12. The highest BCUT2D eigenvalue weighted by atomic mass is 79.9. The van der Waals surface area contributed by atoms with E-state index >= 15 is 0 Å². The zero-order chi connectivity index (χ0) is 33.9. The molecule has 244 valence electrons. The van der Waals surface area contributed by atoms with Crippen molar-refractivity contribution in [1.29, 1.82) is 5.41 Å². The van der Waals surface area contributed by atoms with E-state index in [2.05, 4.69) is 19.7 Å². The number of alkyl halides is 3. The molecule has 1 heterocycles. The Kier molecular flexibility index (Phi) is 12.1. The van der Waals surface area contributed by atoms with Gasteiger partial charge in [-0.25, -0.2) is 26.3 Å². The number of nitrogens with two attached hydrogens (primary N) is 1. The van der Waals surface area contributed by atoms with E-state index in [1.807, 2.05) is 4.89 Å². The van der Waals surface area contributed by atoms with Crippen LogP contribution in [-0.4, -0.2) is 65.7 Å². The molecule has 23 heteroatoms. The van der Waals surface area contributed by atoms with Crippen LogP contribution in [0.3, 0.4) is 0 Å². The maximum atomic E-state index is 14.6. The van der Waals surface area contributed by atoms with Crippen molar-refractivity contribution in [2.75, 3.05) is 22.5 Å². The summed E-state index contributed by atoms with van der Waals surface area (Å²) in [4.78, 5) is 1.70. The molecule has 0 aliphatic carbocycles. The summed E-state index contributed by atoms with van der Waals surface area (Å²) in [5.41, 5.74) is 5.16. The van der Waals surface area contributed by atoms with Crippen LogP contribution in [-0.2, 0) is 44.7 Å². The molecule has 0 fully saturated rings. The highest BCUT2D eigenvalue weighted by Crippen LogP contribution is 2.39. The number of halogens is 4. The lowest BCUT2D eigenvalue weighted by molar-refractivity contribution is -0.464. The Morgan fingerprint density at radius 1 is 1.00 bits per heavy atom. The first kappa shape index (κ1) is 37.9. The average molecular weight is 804 g/mol. The van der Waals surface area contributed by atoms with E-state index in [1.165, 1.54) is 30.0 Å². The number of sulfonamides is 3. The van der Waals surface area contributed by atoms with E-state index in [0.717, 1.165) is 35.6 Å². The van der Waals surface area contributed by atoms with Crippen LogP contribution < -0.4 is 9.44 Å². The van der Waals surface area contributed by atoms with Gasteiger partial charge in [-0.15, -0.1) is 41.2 Å². The Morgan fingerprint density at radius 2 is 1.52 bits per heavy atom. The number of benzene rings is 2. The average Bonchev–Trinajstić information content (AvgIpc) is 3.33. The van der Waals surface area contributed by atoms with E-state index in [9.17, 15) is 42.6 Å². The minimum Gasteiger partial charge on any atom is -0.383 e. The zero-order valence-corrected chi connectivity index (χ0v) is 28.8. The Hall–Kier alpha value is -2.25. The molecule has 0 saturated carbocycles. The largest absolute Gasteiger partial charge is 0.549 e. The summed E-state index contributed by atoms with van der Waals surface area (Å²) < 4.78 is 126. The molecule has 3 aromatic rings. The fourth-order valence-corrected chi connectivity index (χ4v) is 13.3. The molecule has 0 amide bonds. The predicted octanol–water partition coefficient (Wildman–Crippen LogP) is 4.51. The van der Waals surface area contributed by atoms with Crippen LogP contribution in [0.15, 0.2) is 81.7 Å². The van der Waals surface area contributed by atoms with E-state index in [1.54, 1.807) is 18.4 Å². The highest BCUT2D eigenvalue weighted by Gasteiger charge is 2.31. The molecule has 44 heavy (non-hydrogen) atoms. The molecule has 0 saturated heterocycles. The summed E-state index contributed by atoms with van der Waals surface area (Å²) in [6, 6.07) is 11.6. The molecule has 1 atom stereocenters. The molecule has 0 spiro atoms. The van der Waals surface area contributed by atoms with Gasteiger partial charge in [0.15, 0.2) is 0 Å². The summed E-state index contributed by atoms with van der Waals surface area (Å²) in [5.74, 6) is -0.301. The van der Waals surface area contributed by atoms with Gasteiger partial charge in [-0.3, -0.25) is 5.41 Å². The number of anilines is 1. The van der Waals surface area contributed by atoms with Crippen LogP contribution in [0, 0.1) is 5.41 Å². The van der Waals surface area contributed by atoms with Gasteiger partial charge in [-0.1, -0.05) is 31.8 Å². The summed E-state index contributed by atoms with van der Waals surface area (Å²) in [6.07, 6.45) is -1.90. The van der Waals surface area contributed by atoms with Crippen LogP contribution in [0.2, 0.25) is 0 Å². The maximum absolute atomic E-state index is 14.6. The van der Waals surface area contributed by atoms with E-state index in [-0.39, 0.29) is 24.2 Å². The van der Waals surface area contributed by atoms with Crippen molar-refractivity contribution in [1.82, 2.24) is 0 Å². The van der Waals surface area contributed by atoms with E-state index < -0.39 is 56.7 Å². The van der Waals surface area contributed by atoms with Crippen molar-refractivity contribution in [3.8, 4) is 0 Å². The van der Waals surface area contributed by atoms with E-state index in [0.29, 0.717) is 21.2 Å². The van der Waals surface area contributed by atoms with Gasteiger partial charge in [0, 0.05) is 4.47 Å². The Labute approximate surface area is 268 Å². The topological polar surface area (TPSA) is 214 Å². The lowest BCUT2D eigenvalue weighted by Gasteiger charge is -2.20. The number of rotatable bonds is 9. The van der Waals surface area contributed by atoms with Crippen LogP contribution in [0.1, 0.15) is 4.88 Å². The van der Waals surface area contributed by atoms with Crippen molar-refractivity contribution >= 4 is 90.4 Å². The van der Waals surface area contributed by atoms with Crippen molar-refractivity contribution in [3.05, 3.63) is 63.9 Å². The lowest BCUT2D eigenvalue weighted by Crippen LogP contribution is -2.35. The second-order valence-corrected chi connectivity index (χ2v) is 19.1. The first-order chi connectivity index (χ1) is 20.0. The molecular formula is C21H22BrF3N4O9S6. The minimum atomic E-state index is -4.90. The molecule has 13 nitrogen and oxygen atoms in total. The van der Waals surface area contributed by atoms with Crippen LogP contribution in [0.25, 0.3) is 0 Å². The Balaban J connectivity index is 0.00000102. The van der Waals surface area contributed by atoms with Crippen molar-refractivity contribution in [2.24, 2.45) is 9.50 Å². The second kappa shape index (κ2) is 14.0. The number of thiophene rings is 1. The smallest absolute Gasteiger partial charge is 0.383 e. The summed E-state index contributed by atoms with van der Waals surface area (Å²) in [6.45, 7) is 0. The number of nitrogen functional groups attached to an aromatic ring is 1. The van der Waals surface area contributed by atoms with Gasteiger partial charge in [0.05, 0.1) is 42.0 Å². The van der Waals surface area contributed by atoms with Crippen LogP contribution in [0.4, 0.5) is 18.9 Å². The third-order valence-corrected chi connectivity index (χ3v) is 15.4. The van der Waals surface area contributed by atoms with E-state index in [4.69, 9.17) is 16.4 Å². The predicted molar refractivity (Wildman–Crippen MR) is 164 cm³/mol. The fraction of sp³-hybridized carbons (Fsp3) is 0.190. The molecule has 0 aliphatic heterocycles. The molecule has 0 radical (unpaired) electrons. The first-order valence-electron chi connectivity index (χ1n) is 11.0. The van der Waals surface area contributed by atoms with Crippen LogP contribution in [0.5, 0.6) is 0 Å². The number of hydrogen-bond donors (Lipinski definition) is 3. The maximum Gasteiger partial charge on any atom is 0.549 e. The van der Waals surface area contributed by atoms with Gasteiger partial charge in [0.2, 0.25) is 20.0 Å². The second-order valence-electron chi connectivity index (χ2n) is 8.17. The molecule has 3 rings (SSSR count). The Bertz CT molecular complexity index is 1980. The quantitative estimate of drug-likeness (QED) is 0.0900. The van der Waals surface area contributed by atoms with Gasteiger partial charge in [-0.2, -0.15) is 12.1 Å². The van der Waals surface area contributed by atoms with Gasteiger partial charge in [0.25, 0.3) is 10.0 Å². The monoisotopic (exact) mass is 802 g/mol. The number of nitrogens with zero attached hydrogens (tertiary/aromatic N) is 2. The summed E-state index contributed by atoms with van der Waals surface area (Å²) in [7, 11) is -17.4. The SMILES string of the molecule is CSc1sc(C(=N)N)cc1S(=O)(=NS(=O)(=O)c1cccc(N(S(C)(=O)=O)S(C)(=O)=O)c1)c1cccc(Br)c1.OOC(F)(F)F. The lowest BCUT2D eigenvalue weighted by atomic mass is 10.3. The molecular weight excluding hydrogens is 782 g/mol. The van der Waals surface area contributed by atoms with Gasteiger partial charge in [-0.05, 0) is 48.7 Å². The Morgan fingerprint density at radius 3 is 1.98 bits per heavy atom. The molecule has 0 bridgehead atoms. The first-order valence-corrected chi connectivity index (χ1v) is 20.5. The number of amidine groups is 1. The molecule has 4 N–H and O–H groups in total. The van der Waals surface area contributed by atoms with Crippen molar-refractivity contribution in [3.63, 3.8) is 0 Å². The third kappa shape index (κ3) is 9.62.